The van der Waals surface area contributed by atoms with Crippen LogP contribution in [0, 0.1) is 6.92 Å². The van der Waals surface area contributed by atoms with Gasteiger partial charge in [-0.3, -0.25) is 0 Å². The minimum Gasteiger partial charge on any atom is -0.207 e. The van der Waals surface area contributed by atoms with Crippen LogP contribution in [0.3, 0.4) is 0 Å². The van der Waals surface area contributed by atoms with Gasteiger partial charge < -0.3 is 0 Å². The minimum atomic E-state index is -3.56. The van der Waals surface area contributed by atoms with E-state index in [2.05, 4.69) is 0 Å². The van der Waals surface area contributed by atoms with Crippen LogP contribution in [-0.4, -0.2) is 25.8 Å². The van der Waals surface area contributed by atoms with Gasteiger partial charge in [-0.2, -0.15) is 4.31 Å². The Kier molecular flexibility index (Phi) is 6.32. The summed E-state index contributed by atoms with van der Waals surface area (Å²) in [6.45, 7) is 5.70. The lowest BCUT2D eigenvalue weighted by Gasteiger charge is -2.25. The van der Waals surface area contributed by atoms with Crippen molar-refractivity contribution in [3.8, 4) is 0 Å². The lowest BCUT2D eigenvalue weighted by atomic mass is 10.1. The third-order valence-electron chi connectivity index (χ3n) is 3.56. The Balaban J connectivity index is 3.32. The van der Waals surface area contributed by atoms with Gasteiger partial charge in [0.2, 0.25) is 10.0 Å². The molecule has 114 valence electrons. The van der Waals surface area contributed by atoms with E-state index in [4.69, 9.17) is 23.2 Å². The molecule has 6 heteroatoms. The molecule has 0 aliphatic rings. The molecule has 1 unspecified atom stereocenters. The predicted octanol–water partition coefficient (Wildman–Crippen LogP) is 4.20. The molecular weight excluding hydrogens is 317 g/mol. The van der Waals surface area contributed by atoms with Crippen molar-refractivity contribution in [2.75, 3.05) is 7.05 Å². The van der Waals surface area contributed by atoms with Crippen LogP contribution in [-0.2, 0) is 15.9 Å². The van der Waals surface area contributed by atoms with Gasteiger partial charge in [0, 0.05) is 24.0 Å². The number of hydrogen-bond donors (Lipinski definition) is 0. The highest BCUT2D eigenvalue weighted by molar-refractivity contribution is 7.89. The fourth-order valence-electron chi connectivity index (χ4n) is 2.11. The van der Waals surface area contributed by atoms with Crippen LogP contribution >= 0.6 is 23.2 Å². The maximum atomic E-state index is 12.7. The summed E-state index contributed by atoms with van der Waals surface area (Å²) < 4.78 is 26.8. The molecule has 1 atom stereocenters. The smallest absolute Gasteiger partial charge is 0.207 e. The number of benzene rings is 1. The maximum Gasteiger partial charge on any atom is 0.243 e. The molecule has 0 aromatic heterocycles. The van der Waals surface area contributed by atoms with Crippen molar-refractivity contribution < 1.29 is 8.42 Å². The Hall–Kier alpha value is -0.290. The predicted molar refractivity (Wildman–Crippen MR) is 85.1 cm³/mol. The second-order valence-electron chi connectivity index (χ2n) is 4.98. The van der Waals surface area contributed by atoms with E-state index in [0.29, 0.717) is 10.6 Å². The van der Waals surface area contributed by atoms with E-state index in [9.17, 15) is 8.42 Å². The van der Waals surface area contributed by atoms with Crippen LogP contribution in [0.1, 0.15) is 37.8 Å². The largest absolute Gasteiger partial charge is 0.243 e. The SMILES string of the molecule is CCCC(C)N(C)S(=O)(=O)c1cc(Cl)cc(CCl)c1C. The number of sulfonamides is 1. The molecule has 3 nitrogen and oxygen atoms in total. The summed E-state index contributed by atoms with van der Waals surface area (Å²) >= 11 is 11.9. The van der Waals surface area contributed by atoms with E-state index in [1.54, 1.807) is 20.0 Å². The van der Waals surface area contributed by atoms with Crippen molar-refractivity contribution >= 4 is 33.2 Å². The third-order valence-corrected chi connectivity index (χ3v) is 6.16. The summed E-state index contributed by atoms with van der Waals surface area (Å²) in [6.07, 6.45) is 1.75. The van der Waals surface area contributed by atoms with Gasteiger partial charge in [-0.15, -0.1) is 11.6 Å². The van der Waals surface area contributed by atoms with Gasteiger partial charge in [-0.25, -0.2) is 8.42 Å². The molecule has 1 rings (SSSR count). The zero-order valence-electron chi connectivity index (χ0n) is 12.3. The quantitative estimate of drug-likeness (QED) is 0.729. The summed E-state index contributed by atoms with van der Waals surface area (Å²) in [7, 11) is -1.95. The van der Waals surface area contributed by atoms with Crippen molar-refractivity contribution in [2.24, 2.45) is 0 Å². The molecule has 20 heavy (non-hydrogen) atoms. The Morgan fingerprint density at radius 1 is 1.35 bits per heavy atom. The molecule has 0 fully saturated rings. The van der Waals surface area contributed by atoms with Gasteiger partial charge in [0.15, 0.2) is 0 Å². The molecule has 0 saturated heterocycles. The fourth-order valence-corrected chi connectivity index (χ4v) is 4.37. The van der Waals surface area contributed by atoms with Gasteiger partial charge in [0.1, 0.15) is 0 Å². The van der Waals surface area contributed by atoms with E-state index < -0.39 is 10.0 Å². The van der Waals surface area contributed by atoms with Crippen molar-refractivity contribution in [1.82, 2.24) is 4.31 Å². The maximum absolute atomic E-state index is 12.7. The zero-order valence-corrected chi connectivity index (χ0v) is 14.6. The van der Waals surface area contributed by atoms with Crippen LogP contribution in [0.4, 0.5) is 0 Å². The lowest BCUT2D eigenvalue weighted by molar-refractivity contribution is 0.368. The molecular formula is C14H21Cl2NO2S. The van der Waals surface area contributed by atoms with Crippen LogP contribution in [0.15, 0.2) is 17.0 Å². The van der Waals surface area contributed by atoms with E-state index in [1.807, 2.05) is 13.8 Å². The van der Waals surface area contributed by atoms with E-state index in [-0.39, 0.29) is 16.8 Å². The van der Waals surface area contributed by atoms with Gasteiger partial charge in [-0.05, 0) is 43.5 Å². The Bertz CT molecular complexity index is 573. The standard InChI is InChI=1S/C14H21Cl2NO2S/c1-5-6-10(2)17(4)20(18,19)14-8-13(16)7-12(9-15)11(14)3/h7-8,10H,5-6,9H2,1-4H3. The van der Waals surface area contributed by atoms with E-state index >= 15 is 0 Å². The molecule has 0 heterocycles. The molecule has 0 spiro atoms. The van der Waals surface area contributed by atoms with Crippen LogP contribution < -0.4 is 0 Å². The monoisotopic (exact) mass is 337 g/mol. The minimum absolute atomic E-state index is 0.0529. The summed E-state index contributed by atoms with van der Waals surface area (Å²) in [5.74, 6) is 0.239. The van der Waals surface area contributed by atoms with Crippen molar-refractivity contribution in [3.63, 3.8) is 0 Å². The molecule has 0 radical (unpaired) electrons. The number of hydrogen-bond acceptors (Lipinski definition) is 2. The summed E-state index contributed by atoms with van der Waals surface area (Å²) in [5.41, 5.74) is 1.41. The highest BCUT2D eigenvalue weighted by atomic mass is 35.5. The summed E-state index contributed by atoms with van der Waals surface area (Å²) in [6, 6.07) is 3.15. The first kappa shape index (κ1) is 17.8. The Morgan fingerprint density at radius 3 is 2.45 bits per heavy atom. The summed E-state index contributed by atoms with van der Waals surface area (Å²) in [5, 5.41) is 0.390. The molecule has 1 aromatic rings. The third kappa shape index (κ3) is 3.67. The number of rotatable bonds is 6. The first-order valence-electron chi connectivity index (χ1n) is 6.58. The molecule has 0 amide bonds. The molecule has 0 aliphatic heterocycles. The van der Waals surface area contributed by atoms with Gasteiger partial charge >= 0.3 is 0 Å². The molecule has 0 saturated carbocycles. The first-order valence-corrected chi connectivity index (χ1v) is 8.94. The normalized spacial score (nSPS) is 13.8. The Morgan fingerprint density at radius 2 is 1.95 bits per heavy atom. The van der Waals surface area contributed by atoms with Crippen LogP contribution in [0.25, 0.3) is 0 Å². The van der Waals surface area contributed by atoms with Gasteiger partial charge in [0.05, 0.1) is 4.90 Å². The average Bonchev–Trinajstić information content (AvgIpc) is 2.40. The van der Waals surface area contributed by atoms with Gasteiger partial charge in [-0.1, -0.05) is 24.9 Å². The number of halogens is 2. The molecule has 1 aromatic carbocycles. The summed E-state index contributed by atoms with van der Waals surface area (Å²) in [4.78, 5) is 0.242. The van der Waals surface area contributed by atoms with Crippen LogP contribution in [0.2, 0.25) is 5.02 Å². The molecule has 0 aliphatic carbocycles. The van der Waals surface area contributed by atoms with E-state index in [0.717, 1.165) is 18.4 Å². The average molecular weight is 338 g/mol. The van der Waals surface area contributed by atoms with Gasteiger partial charge in [0.25, 0.3) is 0 Å². The second-order valence-corrected chi connectivity index (χ2v) is 7.65. The fraction of sp³-hybridized carbons (Fsp3) is 0.571. The topological polar surface area (TPSA) is 37.4 Å². The second kappa shape index (κ2) is 7.12. The van der Waals surface area contributed by atoms with Crippen molar-refractivity contribution in [2.45, 2.75) is 50.4 Å². The van der Waals surface area contributed by atoms with Crippen molar-refractivity contribution in [3.05, 3.63) is 28.3 Å². The zero-order chi connectivity index (χ0) is 15.5. The van der Waals surface area contributed by atoms with E-state index in [1.165, 1.54) is 10.4 Å². The highest BCUT2D eigenvalue weighted by Gasteiger charge is 2.27. The Labute approximate surface area is 131 Å². The lowest BCUT2D eigenvalue weighted by Crippen LogP contribution is -2.35. The van der Waals surface area contributed by atoms with Crippen LogP contribution in [0.5, 0.6) is 0 Å². The number of nitrogens with zero attached hydrogens (tertiary/aromatic N) is 1. The molecule has 0 bridgehead atoms. The molecule has 0 N–H and O–H groups in total. The number of alkyl halides is 1. The van der Waals surface area contributed by atoms with Crippen molar-refractivity contribution in [1.29, 1.82) is 0 Å². The first-order chi connectivity index (χ1) is 9.25. The highest BCUT2D eigenvalue weighted by Crippen LogP contribution is 2.28.